The molecule has 1 aromatic carbocycles. The van der Waals surface area contributed by atoms with E-state index in [9.17, 15) is 0 Å². The molecule has 0 fully saturated rings. The van der Waals surface area contributed by atoms with Crippen LogP contribution in [0.5, 0.6) is 0 Å². The summed E-state index contributed by atoms with van der Waals surface area (Å²) in [5.41, 5.74) is 4.64. The lowest BCUT2D eigenvalue weighted by atomic mass is 9.72. The van der Waals surface area contributed by atoms with Crippen LogP contribution in [0.1, 0.15) is 44.7 Å². The summed E-state index contributed by atoms with van der Waals surface area (Å²) >= 11 is 0. The number of aryl methyl sites for hydroxylation is 1. The first-order valence-corrected chi connectivity index (χ1v) is 6.24. The molecule has 1 heterocycles. The molecular formula is C15H23N. The predicted octanol–water partition coefficient (Wildman–Crippen LogP) is 4.19. The zero-order valence-electron chi connectivity index (χ0n) is 11.1. The molecule has 1 heteroatoms. The number of para-hydroxylation sites is 1. The summed E-state index contributed by atoms with van der Waals surface area (Å²) in [7, 11) is 0. The van der Waals surface area contributed by atoms with Crippen molar-refractivity contribution in [3.8, 4) is 0 Å². The topological polar surface area (TPSA) is 12.0 Å². The summed E-state index contributed by atoms with van der Waals surface area (Å²) in [6.07, 6.45) is 0. The Morgan fingerprint density at radius 1 is 1.31 bits per heavy atom. The molecule has 0 amide bonds. The van der Waals surface area contributed by atoms with E-state index in [1.165, 1.54) is 16.8 Å². The van der Waals surface area contributed by atoms with E-state index in [4.69, 9.17) is 0 Å². The third-order valence-electron chi connectivity index (χ3n) is 4.17. The van der Waals surface area contributed by atoms with Gasteiger partial charge < -0.3 is 5.32 Å². The molecule has 2 atom stereocenters. The molecule has 1 aliphatic heterocycles. The zero-order valence-corrected chi connectivity index (χ0v) is 11.1. The molecule has 0 radical (unpaired) electrons. The average molecular weight is 217 g/mol. The van der Waals surface area contributed by atoms with Crippen LogP contribution in [0.2, 0.25) is 0 Å². The number of anilines is 1. The number of fused-ring (bicyclic) bond motifs is 1. The van der Waals surface area contributed by atoms with Crippen LogP contribution in [0, 0.1) is 18.3 Å². The third kappa shape index (κ3) is 1.83. The fraction of sp³-hybridized carbons (Fsp3) is 0.600. The van der Waals surface area contributed by atoms with E-state index >= 15 is 0 Å². The second kappa shape index (κ2) is 3.80. The SMILES string of the molecule is Cc1cccc2c1NCC2C(C)C(C)(C)C. The second-order valence-corrected chi connectivity index (χ2v) is 6.18. The minimum absolute atomic E-state index is 0.373. The largest absolute Gasteiger partial charge is 0.384 e. The Labute approximate surface area is 99.3 Å². The van der Waals surface area contributed by atoms with Crippen LogP contribution in [0.15, 0.2) is 18.2 Å². The quantitative estimate of drug-likeness (QED) is 0.744. The number of hydrogen-bond donors (Lipinski definition) is 1. The Bertz CT molecular complexity index is 387. The van der Waals surface area contributed by atoms with Crippen molar-refractivity contribution in [3.05, 3.63) is 29.3 Å². The van der Waals surface area contributed by atoms with Gasteiger partial charge in [0.15, 0.2) is 0 Å². The van der Waals surface area contributed by atoms with Crippen molar-refractivity contribution < 1.29 is 0 Å². The molecule has 1 N–H and O–H groups in total. The zero-order chi connectivity index (χ0) is 11.9. The Kier molecular flexibility index (Phi) is 2.73. The van der Waals surface area contributed by atoms with Gasteiger partial charge in [0.05, 0.1) is 0 Å². The smallest absolute Gasteiger partial charge is 0.0406 e. The monoisotopic (exact) mass is 217 g/mol. The fourth-order valence-corrected chi connectivity index (χ4v) is 2.61. The van der Waals surface area contributed by atoms with Crippen LogP contribution in [0.3, 0.4) is 0 Å². The molecule has 1 aliphatic rings. The molecule has 0 spiro atoms. The van der Waals surface area contributed by atoms with Gasteiger partial charge in [-0.25, -0.2) is 0 Å². The summed E-state index contributed by atoms with van der Waals surface area (Å²) < 4.78 is 0. The van der Waals surface area contributed by atoms with E-state index < -0.39 is 0 Å². The van der Waals surface area contributed by atoms with Gasteiger partial charge in [0.1, 0.15) is 0 Å². The van der Waals surface area contributed by atoms with Gasteiger partial charge in [-0.15, -0.1) is 0 Å². The molecule has 0 aromatic heterocycles. The second-order valence-electron chi connectivity index (χ2n) is 6.18. The Morgan fingerprint density at radius 3 is 2.62 bits per heavy atom. The molecule has 0 saturated carbocycles. The van der Waals surface area contributed by atoms with Crippen molar-refractivity contribution in [1.82, 2.24) is 0 Å². The van der Waals surface area contributed by atoms with Crippen LogP contribution in [0.25, 0.3) is 0 Å². The summed E-state index contributed by atoms with van der Waals surface area (Å²) in [4.78, 5) is 0. The lowest BCUT2D eigenvalue weighted by Gasteiger charge is -2.32. The molecule has 1 nitrogen and oxygen atoms in total. The molecule has 0 aliphatic carbocycles. The minimum Gasteiger partial charge on any atom is -0.384 e. The molecule has 0 bridgehead atoms. The third-order valence-corrected chi connectivity index (χ3v) is 4.17. The van der Waals surface area contributed by atoms with E-state index in [0.29, 0.717) is 17.3 Å². The summed E-state index contributed by atoms with van der Waals surface area (Å²) in [5, 5.41) is 3.57. The molecule has 16 heavy (non-hydrogen) atoms. The highest BCUT2D eigenvalue weighted by Gasteiger charge is 2.33. The van der Waals surface area contributed by atoms with E-state index in [-0.39, 0.29) is 0 Å². The number of hydrogen-bond acceptors (Lipinski definition) is 1. The molecule has 0 saturated heterocycles. The Hall–Kier alpha value is -0.980. The Morgan fingerprint density at radius 2 is 2.00 bits per heavy atom. The van der Waals surface area contributed by atoms with E-state index in [2.05, 4.69) is 58.1 Å². The Balaban J connectivity index is 2.34. The summed E-state index contributed by atoms with van der Waals surface area (Å²) in [6.45, 7) is 12.7. The molecule has 88 valence electrons. The normalized spacial score (nSPS) is 21.4. The maximum absolute atomic E-state index is 3.57. The number of rotatable bonds is 1. The number of benzene rings is 1. The lowest BCUT2D eigenvalue weighted by Crippen LogP contribution is -2.25. The summed E-state index contributed by atoms with van der Waals surface area (Å²) in [5.74, 6) is 1.36. The molecule has 1 aromatic rings. The molecule has 2 unspecified atom stereocenters. The van der Waals surface area contributed by atoms with Crippen molar-refractivity contribution in [2.75, 3.05) is 11.9 Å². The van der Waals surface area contributed by atoms with Crippen LogP contribution in [0.4, 0.5) is 5.69 Å². The van der Waals surface area contributed by atoms with E-state index in [1.807, 2.05) is 0 Å². The van der Waals surface area contributed by atoms with Crippen LogP contribution in [-0.2, 0) is 0 Å². The van der Waals surface area contributed by atoms with Gasteiger partial charge in [-0.2, -0.15) is 0 Å². The first-order chi connectivity index (χ1) is 7.41. The van der Waals surface area contributed by atoms with Gasteiger partial charge in [0.2, 0.25) is 0 Å². The average Bonchev–Trinajstić information content (AvgIpc) is 2.60. The van der Waals surface area contributed by atoms with Crippen molar-refractivity contribution in [2.45, 2.75) is 40.5 Å². The first kappa shape index (κ1) is 11.5. The van der Waals surface area contributed by atoms with Gasteiger partial charge in [0, 0.05) is 18.2 Å². The molecular weight excluding hydrogens is 194 g/mol. The highest BCUT2D eigenvalue weighted by molar-refractivity contribution is 5.62. The van der Waals surface area contributed by atoms with Crippen LogP contribution < -0.4 is 5.32 Å². The molecule has 2 rings (SSSR count). The van der Waals surface area contributed by atoms with Crippen LogP contribution >= 0.6 is 0 Å². The van der Waals surface area contributed by atoms with Crippen molar-refractivity contribution in [1.29, 1.82) is 0 Å². The maximum atomic E-state index is 3.57. The van der Waals surface area contributed by atoms with Gasteiger partial charge in [-0.3, -0.25) is 0 Å². The van der Waals surface area contributed by atoms with Gasteiger partial charge >= 0.3 is 0 Å². The minimum atomic E-state index is 0.373. The lowest BCUT2D eigenvalue weighted by molar-refractivity contribution is 0.228. The van der Waals surface area contributed by atoms with Crippen molar-refractivity contribution in [3.63, 3.8) is 0 Å². The first-order valence-electron chi connectivity index (χ1n) is 6.24. The predicted molar refractivity (Wildman–Crippen MR) is 71.0 cm³/mol. The fourth-order valence-electron chi connectivity index (χ4n) is 2.61. The van der Waals surface area contributed by atoms with Crippen molar-refractivity contribution in [2.24, 2.45) is 11.3 Å². The standard InChI is InChI=1S/C15H23N/c1-10-7-6-8-12-13(9-16-14(10)12)11(2)15(3,4)5/h6-8,11,13,16H,9H2,1-5H3. The van der Waals surface area contributed by atoms with Gasteiger partial charge in [0.25, 0.3) is 0 Å². The van der Waals surface area contributed by atoms with Crippen molar-refractivity contribution >= 4 is 5.69 Å². The van der Waals surface area contributed by atoms with E-state index in [1.54, 1.807) is 0 Å². The maximum Gasteiger partial charge on any atom is 0.0406 e. The highest BCUT2D eigenvalue weighted by Crippen LogP contribution is 2.44. The summed E-state index contributed by atoms with van der Waals surface area (Å²) in [6, 6.07) is 6.66. The van der Waals surface area contributed by atoms with Crippen LogP contribution in [-0.4, -0.2) is 6.54 Å². The highest BCUT2D eigenvalue weighted by atomic mass is 14.9. The van der Waals surface area contributed by atoms with Gasteiger partial charge in [-0.05, 0) is 29.4 Å². The van der Waals surface area contributed by atoms with E-state index in [0.717, 1.165) is 6.54 Å². The number of nitrogens with one attached hydrogen (secondary N) is 1. The van der Waals surface area contributed by atoms with Gasteiger partial charge in [-0.1, -0.05) is 45.9 Å².